The van der Waals surface area contributed by atoms with Crippen LogP contribution in [-0.4, -0.2) is 19.6 Å². The van der Waals surface area contributed by atoms with Crippen molar-refractivity contribution in [3.63, 3.8) is 0 Å². The number of rotatable bonds is 7. The minimum Gasteiger partial charge on any atom is -0.380 e. The Hall–Kier alpha value is -1.85. The summed E-state index contributed by atoms with van der Waals surface area (Å²) in [6, 6.07) is 10.5. The topological polar surface area (TPSA) is 47.6 Å². The van der Waals surface area contributed by atoms with Crippen LogP contribution >= 0.6 is 11.3 Å². The Morgan fingerprint density at radius 3 is 2.59 bits per heavy atom. The van der Waals surface area contributed by atoms with Crippen molar-refractivity contribution >= 4 is 22.3 Å². The van der Waals surface area contributed by atoms with Crippen molar-refractivity contribution in [2.45, 2.75) is 26.7 Å². The number of carbonyl (C=O) groups excluding carboxylic acids is 1. The molecule has 2 aromatic rings. The lowest BCUT2D eigenvalue weighted by molar-refractivity contribution is -0.269. The van der Waals surface area contributed by atoms with E-state index >= 15 is 0 Å². The molecule has 0 radical (unpaired) electrons. The third kappa shape index (κ3) is 4.32. The molecule has 0 saturated carbocycles. The van der Waals surface area contributed by atoms with Gasteiger partial charge >= 0.3 is 5.97 Å². The highest BCUT2D eigenvalue weighted by molar-refractivity contribution is 7.16. The first kappa shape index (κ1) is 16.5. The van der Waals surface area contributed by atoms with Crippen LogP contribution in [0.1, 0.15) is 23.8 Å². The van der Waals surface area contributed by atoms with Crippen LogP contribution in [0.5, 0.6) is 0 Å². The van der Waals surface area contributed by atoms with Gasteiger partial charge in [-0.05, 0) is 43.0 Å². The van der Waals surface area contributed by atoms with E-state index in [2.05, 4.69) is 52.3 Å². The third-order valence-electron chi connectivity index (χ3n) is 3.32. The summed E-state index contributed by atoms with van der Waals surface area (Å²) in [7, 11) is 1.93. The molecule has 2 rings (SSSR count). The predicted octanol–water partition coefficient (Wildman–Crippen LogP) is 4.19. The lowest BCUT2D eigenvalue weighted by Crippen LogP contribution is -2.06. The van der Waals surface area contributed by atoms with Gasteiger partial charge in [0.15, 0.2) is 0 Å². The predicted molar refractivity (Wildman–Crippen MR) is 90.1 cm³/mol. The molecule has 0 amide bonds. The number of hydrogen-bond acceptors (Lipinski definition) is 5. The molecule has 0 aliphatic carbocycles. The van der Waals surface area contributed by atoms with Crippen LogP contribution < -0.4 is 5.32 Å². The van der Waals surface area contributed by atoms with Gasteiger partial charge in [-0.15, -0.1) is 11.3 Å². The van der Waals surface area contributed by atoms with E-state index in [1.807, 2.05) is 7.05 Å². The second-order valence-corrected chi connectivity index (χ2v) is 6.15. The molecule has 22 heavy (non-hydrogen) atoms. The zero-order valence-electron chi connectivity index (χ0n) is 13.1. The highest BCUT2D eigenvalue weighted by atomic mass is 32.1. The first-order valence-corrected chi connectivity index (χ1v) is 8.15. The monoisotopic (exact) mass is 319 g/mol. The molecule has 1 N–H and O–H groups in total. The molecule has 118 valence electrons. The third-order valence-corrected chi connectivity index (χ3v) is 4.38. The molecule has 0 bridgehead atoms. The van der Waals surface area contributed by atoms with E-state index in [4.69, 9.17) is 0 Å². The van der Waals surface area contributed by atoms with E-state index < -0.39 is 0 Å². The van der Waals surface area contributed by atoms with Crippen LogP contribution in [0.2, 0.25) is 0 Å². The molecule has 5 heteroatoms. The Morgan fingerprint density at radius 1 is 1.27 bits per heavy atom. The Morgan fingerprint density at radius 2 is 2.00 bits per heavy atom. The first-order valence-electron chi connectivity index (χ1n) is 7.33. The molecule has 0 unspecified atom stereocenters. The van der Waals surface area contributed by atoms with Gasteiger partial charge in [0.2, 0.25) is 0 Å². The number of benzene rings is 1. The smallest absolute Gasteiger partial charge is 0.342 e. The minimum atomic E-state index is -0.335. The van der Waals surface area contributed by atoms with Gasteiger partial charge < -0.3 is 5.32 Å². The molecule has 0 aliphatic rings. The summed E-state index contributed by atoms with van der Waals surface area (Å²) >= 11 is 1.75. The molecule has 4 nitrogen and oxygen atoms in total. The number of hydrogen-bond donors (Lipinski definition) is 1. The summed E-state index contributed by atoms with van der Waals surface area (Å²) in [5.74, 6) is -0.335. The van der Waals surface area contributed by atoms with E-state index in [0.29, 0.717) is 19.4 Å². The molecule has 0 aliphatic heterocycles. The van der Waals surface area contributed by atoms with Crippen molar-refractivity contribution in [3.05, 3.63) is 40.8 Å². The van der Waals surface area contributed by atoms with Gasteiger partial charge in [-0.25, -0.2) is 4.79 Å². The van der Waals surface area contributed by atoms with Crippen molar-refractivity contribution in [1.29, 1.82) is 0 Å². The molecule has 0 saturated heterocycles. The van der Waals surface area contributed by atoms with Crippen LogP contribution in [-0.2, 0) is 21.0 Å². The van der Waals surface area contributed by atoms with Crippen molar-refractivity contribution in [1.82, 2.24) is 0 Å². The molecular formula is C17H21NO3S. The summed E-state index contributed by atoms with van der Waals surface area (Å²) in [4.78, 5) is 21.9. The first-order chi connectivity index (χ1) is 10.6. The van der Waals surface area contributed by atoms with E-state index in [9.17, 15) is 4.79 Å². The van der Waals surface area contributed by atoms with Gasteiger partial charge in [-0.1, -0.05) is 24.3 Å². The van der Waals surface area contributed by atoms with E-state index in [0.717, 1.165) is 10.6 Å². The van der Waals surface area contributed by atoms with E-state index in [1.54, 1.807) is 18.3 Å². The SMILES string of the molecule is CCOOC(=O)CCc1ccc(-c2cc(NC)sc2C)cc1. The maximum Gasteiger partial charge on any atom is 0.342 e. The maximum atomic E-state index is 11.4. The lowest BCUT2D eigenvalue weighted by atomic mass is 10.0. The molecule has 1 aromatic carbocycles. The van der Waals surface area contributed by atoms with Gasteiger partial charge in [-0.3, -0.25) is 4.89 Å². The van der Waals surface area contributed by atoms with E-state index in [-0.39, 0.29) is 5.97 Å². The Bertz CT molecular complexity index is 619. The fraction of sp³-hybridized carbons (Fsp3) is 0.353. The molecule has 1 aromatic heterocycles. The van der Waals surface area contributed by atoms with Crippen molar-refractivity contribution in [3.8, 4) is 11.1 Å². The van der Waals surface area contributed by atoms with Crippen LogP contribution in [0.25, 0.3) is 11.1 Å². The number of carbonyl (C=O) groups is 1. The van der Waals surface area contributed by atoms with Crippen molar-refractivity contribution in [2.24, 2.45) is 0 Å². The normalized spacial score (nSPS) is 10.5. The molecule has 0 spiro atoms. The Kier molecular flexibility index (Phi) is 5.98. The number of nitrogens with one attached hydrogen (secondary N) is 1. The quantitative estimate of drug-likeness (QED) is 0.614. The average Bonchev–Trinajstić information content (AvgIpc) is 2.92. The van der Waals surface area contributed by atoms with Crippen molar-refractivity contribution in [2.75, 3.05) is 19.0 Å². The van der Waals surface area contributed by atoms with Crippen LogP contribution in [0.15, 0.2) is 30.3 Å². The molecular weight excluding hydrogens is 298 g/mol. The van der Waals surface area contributed by atoms with Gasteiger partial charge in [-0.2, -0.15) is 4.89 Å². The summed E-state index contributed by atoms with van der Waals surface area (Å²) in [5.41, 5.74) is 3.55. The van der Waals surface area contributed by atoms with Crippen molar-refractivity contribution < 1.29 is 14.6 Å². The Labute approximate surface area is 135 Å². The standard InChI is InChI=1S/C17H21NO3S/c1-4-20-21-17(19)10-7-13-5-8-14(9-6-13)15-11-16(18-3)22-12(15)2/h5-6,8-9,11,18H,4,7,10H2,1-3H3. The van der Waals surface area contributed by atoms with Gasteiger partial charge in [0, 0.05) is 11.9 Å². The van der Waals surface area contributed by atoms with Gasteiger partial charge in [0.1, 0.15) is 0 Å². The fourth-order valence-corrected chi connectivity index (χ4v) is 3.05. The summed E-state index contributed by atoms with van der Waals surface area (Å²) in [6.45, 7) is 4.27. The van der Waals surface area contributed by atoms with Gasteiger partial charge in [0.25, 0.3) is 0 Å². The average molecular weight is 319 g/mol. The Balaban J connectivity index is 1.98. The number of anilines is 1. The summed E-state index contributed by atoms with van der Waals surface area (Å²) in [5, 5.41) is 4.34. The molecule has 0 fully saturated rings. The highest BCUT2D eigenvalue weighted by Gasteiger charge is 2.08. The maximum absolute atomic E-state index is 11.4. The zero-order valence-corrected chi connectivity index (χ0v) is 14.0. The van der Waals surface area contributed by atoms with Crippen LogP contribution in [0.4, 0.5) is 5.00 Å². The highest BCUT2D eigenvalue weighted by Crippen LogP contribution is 2.33. The lowest BCUT2D eigenvalue weighted by Gasteiger charge is -2.04. The number of thiophene rings is 1. The summed E-state index contributed by atoms with van der Waals surface area (Å²) in [6.07, 6.45) is 0.970. The minimum absolute atomic E-state index is 0.320. The van der Waals surface area contributed by atoms with Gasteiger partial charge in [0.05, 0.1) is 18.0 Å². The largest absolute Gasteiger partial charge is 0.380 e. The molecule has 1 heterocycles. The number of aryl methyl sites for hydroxylation is 2. The van der Waals surface area contributed by atoms with Crippen LogP contribution in [0.3, 0.4) is 0 Å². The fourth-order valence-electron chi connectivity index (χ4n) is 2.16. The second kappa shape index (κ2) is 7.96. The second-order valence-electron chi connectivity index (χ2n) is 4.89. The van der Waals surface area contributed by atoms with E-state index in [1.165, 1.54) is 16.0 Å². The van der Waals surface area contributed by atoms with Crippen LogP contribution in [0, 0.1) is 6.92 Å². The molecule has 0 atom stereocenters. The zero-order chi connectivity index (χ0) is 15.9. The summed E-state index contributed by atoms with van der Waals surface area (Å²) < 4.78 is 0.